The summed E-state index contributed by atoms with van der Waals surface area (Å²) in [4.78, 5) is 27.9. The minimum atomic E-state index is -0.198. The molecule has 4 aromatic rings. The number of aromatic nitrogens is 1. The van der Waals surface area contributed by atoms with Gasteiger partial charge in [0.2, 0.25) is 5.91 Å². The maximum absolute atomic E-state index is 13.3. The van der Waals surface area contributed by atoms with Gasteiger partial charge in [-0.3, -0.25) is 9.59 Å². The van der Waals surface area contributed by atoms with Crippen molar-refractivity contribution in [1.29, 1.82) is 0 Å². The molecule has 1 amide bonds. The summed E-state index contributed by atoms with van der Waals surface area (Å²) in [6.45, 7) is 0.395. The van der Waals surface area contributed by atoms with E-state index in [-0.39, 0.29) is 18.0 Å². The largest absolute Gasteiger partial charge is 0.497 e. The van der Waals surface area contributed by atoms with Gasteiger partial charge < -0.3 is 14.2 Å². The van der Waals surface area contributed by atoms with Crippen LogP contribution >= 0.6 is 0 Å². The fourth-order valence-corrected chi connectivity index (χ4v) is 3.45. The Bertz CT molecular complexity index is 1220. The summed E-state index contributed by atoms with van der Waals surface area (Å²) >= 11 is 0. The number of rotatable bonds is 6. The fourth-order valence-electron chi connectivity index (χ4n) is 3.45. The van der Waals surface area contributed by atoms with Crippen LogP contribution in [-0.4, -0.2) is 17.6 Å². The molecule has 0 radical (unpaired) electrons. The van der Waals surface area contributed by atoms with Crippen LogP contribution in [-0.2, 0) is 17.9 Å². The standard InChI is InChI=1S/C25H22N2O3/c1-30-22-12-13-23-20(16-22)14-15-26(25(23)29)18-24(28)27(21-10-6-3-7-11-21)17-19-8-4-2-5-9-19/h2-16H,17-18H2,1H3. The van der Waals surface area contributed by atoms with Crippen molar-refractivity contribution in [2.24, 2.45) is 0 Å². The molecule has 0 atom stereocenters. The van der Waals surface area contributed by atoms with Gasteiger partial charge in [0.15, 0.2) is 0 Å². The number of carbonyl (C=O) groups excluding carboxylic acids is 1. The third-order valence-corrected chi connectivity index (χ3v) is 5.04. The molecule has 1 heterocycles. The Morgan fingerprint density at radius 3 is 2.33 bits per heavy atom. The Hall–Kier alpha value is -3.86. The lowest BCUT2D eigenvalue weighted by Crippen LogP contribution is -2.36. The van der Waals surface area contributed by atoms with E-state index in [2.05, 4.69) is 0 Å². The molecule has 0 bridgehead atoms. The molecule has 3 aromatic carbocycles. The molecular formula is C25H22N2O3. The minimum Gasteiger partial charge on any atom is -0.497 e. The first-order chi connectivity index (χ1) is 14.7. The molecule has 30 heavy (non-hydrogen) atoms. The summed E-state index contributed by atoms with van der Waals surface area (Å²) < 4.78 is 6.68. The van der Waals surface area contributed by atoms with Crippen LogP contribution in [0.15, 0.2) is 95.9 Å². The van der Waals surface area contributed by atoms with Crippen molar-refractivity contribution < 1.29 is 9.53 Å². The number of carbonyl (C=O) groups is 1. The summed E-state index contributed by atoms with van der Waals surface area (Å²) in [6, 6.07) is 26.5. The van der Waals surface area contributed by atoms with E-state index < -0.39 is 0 Å². The first-order valence-electron chi connectivity index (χ1n) is 9.72. The van der Waals surface area contributed by atoms with Crippen LogP contribution in [0.2, 0.25) is 0 Å². The molecule has 5 heteroatoms. The number of amides is 1. The van der Waals surface area contributed by atoms with Crippen molar-refractivity contribution >= 4 is 22.4 Å². The normalized spacial score (nSPS) is 10.7. The first-order valence-corrected chi connectivity index (χ1v) is 9.72. The van der Waals surface area contributed by atoms with Gasteiger partial charge >= 0.3 is 0 Å². The topological polar surface area (TPSA) is 51.5 Å². The molecule has 0 fully saturated rings. The molecule has 0 N–H and O–H groups in total. The molecule has 1 aromatic heterocycles. The van der Waals surface area contributed by atoms with Crippen LogP contribution in [0.4, 0.5) is 5.69 Å². The Kier molecular flexibility index (Phi) is 5.61. The van der Waals surface area contributed by atoms with Crippen molar-refractivity contribution in [3.63, 3.8) is 0 Å². The SMILES string of the molecule is COc1ccc2c(=O)n(CC(=O)N(Cc3ccccc3)c3ccccc3)ccc2c1. The van der Waals surface area contributed by atoms with Crippen molar-refractivity contribution in [3.8, 4) is 5.75 Å². The first kappa shape index (κ1) is 19.5. The highest BCUT2D eigenvalue weighted by Crippen LogP contribution is 2.19. The van der Waals surface area contributed by atoms with Crippen molar-refractivity contribution in [1.82, 2.24) is 4.57 Å². The molecular weight excluding hydrogens is 376 g/mol. The predicted molar refractivity (Wildman–Crippen MR) is 119 cm³/mol. The second-order valence-electron chi connectivity index (χ2n) is 7.00. The zero-order chi connectivity index (χ0) is 20.9. The summed E-state index contributed by atoms with van der Waals surface area (Å²) in [5, 5.41) is 1.34. The van der Waals surface area contributed by atoms with E-state index in [1.807, 2.05) is 72.8 Å². The van der Waals surface area contributed by atoms with Crippen LogP contribution in [0.3, 0.4) is 0 Å². The van der Waals surface area contributed by atoms with Gasteiger partial charge in [0, 0.05) is 17.3 Å². The predicted octanol–water partition coefficient (Wildman–Crippen LogP) is 4.24. The number of fused-ring (bicyclic) bond motifs is 1. The summed E-state index contributed by atoms with van der Waals surface area (Å²) in [6.07, 6.45) is 1.66. The number of nitrogens with zero attached hydrogens (tertiary/aromatic N) is 2. The Morgan fingerprint density at radius 2 is 1.63 bits per heavy atom. The van der Waals surface area contributed by atoms with Gasteiger partial charge in [-0.1, -0.05) is 48.5 Å². The molecule has 4 rings (SSSR count). The highest BCUT2D eigenvalue weighted by molar-refractivity contribution is 5.93. The molecule has 0 aliphatic carbocycles. The Morgan fingerprint density at radius 1 is 0.933 bits per heavy atom. The minimum absolute atomic E-state index is 0.0392. The van der Waals surface area contributed by atoms with E-state index in [0.717, 1.165) is 16.6 Å². The van der Waals surface area contributed by atoms with Gasteiger partial charge in [-0.05, 0) is 47.3 Å². The van der Waals surface area contributed by atoms with E-state index in [1.54, 1.807) is 30.3 Å². The van der Waals surface area contributed by atoms with Crippen molar-refractivity contribution in [3.05, 3.63) is 107 Å². The third-order valence-electron chi connectivity index (χ3n) is 5.04. The lowest BCUT2D eigenvalue weighted by atomic mass is 10.1. The third kappa shape index (κ3) is 4.10. The summed E-state index contributed by atoms with van der Waals surface area (Å²) in [7, 11) is 1.59. The van der Waals surface area contributed by atoms with E-state index >= 15 is 0 Å². The molecule has 0 aliphatic heterocycles. The maximum atomic E-state index is 13.3. The van der Waals surface area contributed by atoms with Gasteiger partial charge in [0.25, 0.3) is 5.56 Å². The summed E-state index contributed by atoms with van der Waals surface area (Å²) in [5.41, 5.74) is 1.62. The van der Waals surface area contributed by atoms with E-state index in [9.17, 15) is 9.59 Å². The average molecular weight is 398 g/mol. The van der Waals surface area contributed by atoms with Gasteiger partial charge in [-0.2, -0.15) is 0 Å². The van der Waals surface area contributed by atoms with Crippen LogP contribution in [0.25, 0.3) is 10.8 Å². The summed E-state index contributed by atoms with van der Waals surface area (Å²) in [5.74, 6) is 0.536. The zero-order valence-corrected chi connectivity index (χ0v) is 16.7. The van der Waals surface area contributed by atoms with Crippen LogP contribution < -0.4 is 15.2 Å². The Labute approximate surface area is 174 Å². The maximum Gasteiger partial charge on any atom is 0.258 e. The molecule has 0 aliphatic rings. The number of methoxy groups -OCH3 is 1. The monoisotopic (exact) mass is 398 g/mol. The van der Waals surface area contributed by atoms with E-state index in [1.165, 1.54) is 4.57 Å². The van der Waals surface area contributed by atoms with Crippen molar-refractivity contribution in [2.45, 2.75) is 13.1 Å². The second-order valence-corrected chi connectivity index (χ2v) is 7.00. The lowest BCUT2D eigenvalue weighted by molar-refractivity contribution is -0.119. The average Bonchev–Trinajstić information content (AvgIpc) is 2.80. The van der Waals surface area contributed by atoms with Crippen LogP contribution in [0, 0.1) is 0 Å². The Balaban J connectivity index is 1.65. The lowest BCUT2D eigenvalue weighted by Gasteiger charge is -2.23. The molecule has 0 spiro atoms. The van der Waals surface area contributed by atoms with Gasteiger partial charge in [0.05, 0.1) is 13.7 Å². The van der Waals surface area contributed by atoms with Gasteiger partial charge in [-0.15, -0.1) is 0 Å². The highest BCUT2D eigenvalue weighted by Gasteiger charge is 2.17. The number of para-hydroxylation sites is 1. The second kappa shape index (κ2) is 8.66. The quantitative estimate of drug-likeness (QED) is 0.488. The molecule has 5 nitrogen and oxygen atoms in total. The zero-order valence-electron chi connectivity index (χ0n) is 16.7. The molecule has 0 saturated heterocycles. The number of benzene rings is 3. The number of hydrogen-bond acceptors (Lipinski definition) is 3. The fraction of sp³-hybridized carbons (Fsp3) is 0.120. The highest BCUT2D eigenvalue weighted by atomic mass is 16.5. The van der Waals surface area contributed by atoms with Crippen molar-refractivity contribution in [2.75, 3.05) is 12.0 Å². The smallest absolute Gasteiger partial charge is 0.258 e. The van der Waals surface area contributed by atoms with Gasteiger partial charge in [0.1, 0.15) is 12.3 Å². The number of pyridine rings is 1. The number of anilines is 1. The number of ether oxygens (including phenoxy) is 1. The number of hydrogen-bond donors (Lipinski definition) is 0. The molecule has 0 saturated carbocycles. The van der Waals surface area contributed by atoms with Crippen LogP contribution in [0.1, 0.15) is 5.56 Å². The van der Waals surface area contributed by atoms with E-state index in [4.69, 9.17) is 4.74 Å². The van der Waals surface area contributed by atoms with E-state index in [0.29, 0.717) is 17.7 Å². The molecule has 0 unspecified atom stereocenters. The van der Waals surface area contributed by atoms with Gasteiger partial charge in [-0.25, -0.2) is 0 Å². The van der Waals surface area contributed by atoms with Crippen LogP contribution in [0.5, 0.6) is 5.75 Å². The molecule has 150 valence electrons.